The van der Waals surface area contributed by atoms with E-state index in [0.717, 1.165) is 37.4 Å². The molecule has 1 unspecified atom stereocenters. The van der Waals surface area contributed by atoms with E-state index in [2.05, 4.69) is 14.7 Å². The zero-order valence-corrected chi connectivity index (χ0v) is 23.6. The zero-order chi connectivity index (χ0) is 28.4. The van der Waals surface area contributed by atoms with Crippen molar-refractivity contribution in [1.82, 2.24) is 24.2 Å². The summed E-state index contributed by atoms with van der Waals surface area (Å²) in [6.45, 7) is 5.04. The molecule has 3 aromatic rings. The molecule has 0 radical (unpaired) electrons. The van der Waals surface area contributed by atoms with E-state index in [1.165, 1.54) is 10.8 Å². The molecular weight excluding hydrogens is 538 g/mol. The number of aromatic carboxylic acids is 1. The molecule has 2 N–H and O–H groups in total. The first kappa shape index (κ1) is 27.9. The summed E-state index contributed by atoms with van der Waals surface area (Å²) in [5.41, 5.74) is -0.110. The van der Waals surface area contributed by atoms with Crippen LogP contribution >= 0.6 is 11.5 Å². The number of methoxy groups -OCH3 is 1. The zero-order valence-electron chi connectivity index (χ0n) is 22.8. The van der Waals surface area contributed by atoms with Gasteiger partial charge in [0.15, 0.2) is 5.65 Å². The van der Waals surface area contributed by atoms with Crippen LogP contribution in [0.5, 0.6) is 0 Å². The van der Waals surface area contributed by atoms with Crippen LogP contribution < -0.4 is 20.5 Å². The second-order valence-corrected chi connectivity index (χ2v) is 10.9. The van der Waals surface area contributed by atoms with Crippen LogP contribution in [-0.4, -0.2) is 95.5 Å². The van der Waals surface area contributed by atoms with E-state index in [9.17, 15) is 19.5 Å². The molecule has 214 valence electrons. The molecule has 14 heteroatoms. The molecule has 40 heavy (non-hydrogen) atoms. The highest BCUT2D eigenvalue weighted by Crippen LogP contribution is 2.29. The molecule has 0 spiro atoms. The molecule has 2 aliphatic heterocycles. The number of hydrogen-bond donors (Lipinski definition) is 2. The molecule has 0 aliphatic carbocycles. The van der Waals surface area contributed by atoms with Gasteiger partial charge in [-0.3, -0.25) is 14.2 Å². The Morgan fingerprint density at radius 2 is 2.10 bits per heavy atom. The number of nitrogens with zero attached hydrogens (tertiary/aromatic N) is 6. The van der Waals surface area contributed by atoms with Gasteiger partial charge in [-0.2, -0.15) is 9.36 Å². The van der Waals surface area contributed by atoms with Gasteiger partial charge in [-0.15, -0.1) is 0 Å². The van der Waals surface area contributed by atoms with Gasteiger partial charge in [0.05, 0.1) is 24.0 Å². The Bertz CT molecular complexity index is 1460. The maximum atomic E-state index is 13.1. The van der Waals surface area contributed by atoms with Crippen molar-refractivity contribution < 1.29 is 24.2 Å². The Morgan fingerprint density at radius 3 is 2.80 bits per heavy atom. The fourth-order valence-corrected chi connectivity index (χ4v) is 5.58. The van der Waals surface area contributed by atoms with Gasteiger partial charge in [-0.1, -0.05) is 0 Å². The first-order chi connectivity index (χ1) is 19.3. The lowest BCUT2D eigenvalue weighted by atomic mass is 9.98. The fraction of sp³-hybridized carbons (Fsp3) is 0.538. The minimum Gasteiger partial charge on any atom is -0.477 e. The highest BCUT2D eigenvalue weighted by atomic mass is 32.1. The molecular formula is C26H33N7O6S. The molecule has 5 rings (SSSR count). The van der Waals surface area contributed by atoms with E-state index in [1.807, 2.05) is 16.8 Å². The largest absolute Gasteiger partial charge is 0.477 e. The Kier molecular flexibility index (Phi) is 8.28. The van der Waals surface area contributed by atoms with Crippen LogP contribution in [0.2, 0.25) is 0 Å². The number of anilines is 2. The van der Waals surface area contributed by atoms with Crippen LogP contribution in [0.15, 0.2) is 17.1 Å². The molecule has 13 nitrogen and oxygen atoms in total. The number of aromatic nitrogens is 4. The van der Waals surface area contributed by atoms with E-state index >= 15 is 0 Å². The number of aryl methyl sites for hydroxylation is 1. The monoisotopic (exact) mass is 571 g/mol. The third kappa shape index (κ3) is 5.64. The number of carboxylic acids is 1. The van der Waals surface area contributed by atoms with E-state index in [-0.39, 0.29) is 34.5 Å². The minimum atomic E-state index is -1.33. The van der Waals surface area contributed by atoms with Crippen molar-refractivity contribution in [1.29, 1.82) is 0 Å². The van der Waals surface area contributed by atoms with Crippen molar-refractivity contribution in [3.05, 3.63) is 33.6 Å². The third-order valence-corrected chi connectivity index (χ3v) is 8.02. The van der Waals surface area contributed by atoms with Crippen LogP contribution in [0.3, 0.4) is 0 Å². The summed E-state index contributed by atoms with van der Waals surface area (Å²) in [6, 6.07) is 1.76. The average Bonchev–Trinajstić information content (AvgIpc) is 3.40. The smallest absolute Gasteiger partial charge is 0.341 e. The maximum absolute atomic E-state index is 13.1. The molecule has 1 amide bonds. The number of amides is 1. The lowest BCUT2D eigenvalue weighted by molar-refractivity contribution is -0.126. The molecule has 0 saturated carbocycles. The first-order valence-corrected chi connectivity index (χ1v) is 14.0. The number of nitrogens with one attached hydrogen (secondary N) is 1. The van der Waals surface area contributed by atoms with Crippen molar-refractivity contribution in [3.63, 3.8) is 0 Å². The number of rotatable bonds is 10. The van der Waals surface area contributed by atoms with Crippen molar-refractivity contribution in [2.45, 2.75) is 32.3 Å². The molecule has 2 fully saturated rings. The molecule has 0 aromatic carbocycles. The van der Waals surface area contributed by atoms with Gasteiger partial charge in [-0.25, -0.2) is 9.78 Å². The number of hydrogen-bond acceptors (Lipinski definition) is 11. The summed E-state index contributed by atoms with van der Waals surface area (Å²) in [4.78, 5) is 50.9. The molecule has 2 saturated heterocycles. The Hall–Kier alpha value is -3.62. The summed E-state index contributed by atoms with van der Waals surface area (Å²) in [7, 11) is 3.44. The minimum absolute atomic E-state index is 0.00933. The topological polar surface area (TPSA) is 152 Å². The Balaban J connectivity index is 1.41. The van der Waals surface area contributed by atoms with E-state index in [1.54, 1.807) is 20.1 Å². The quantitative estimate of drug-likeness (QED) is 0.364. The Morgan fingerprint density at radius 1 is 1.30 bits per heavy atom. The number of carboxylic acid groups (broad SMARTS) is 1. The van der Waals surface area contributed by atoms with Gasteiger partial charge < -0.3 is 29.7 Å². The summed E-state index contributed by atoms with van der Waals surface area (Å²) in [6.07, 6.45) is 4.47. The SMILES string of the molecule is COCCN(C)c1nsc(-n2cc(C(=O)O)c(=O)c3c(C)cc(N4CC(C(=O)NCC5CCCCO5)C4)nc32)n1. The van der Waals surface area contributed by atoms with Crippen LogP contribution in [0, 0.1) is 12.8 Å². The fourth-order valence-electron chi connectivity index (χ4n) is 4.89. The Labute approximate surface area is 234 Å². The lowest BCUT2D eigenvalue weighted by Gasteiger charge is -2.39. The summed E-state index contributed by atoms with van der Waals surface area (Å²) < 4.78 is 16.7. The third-order valence-electron chi connectivity index (χ3n) is 7.31. The highest BCUT2D eigenvalue weighted by molar-refractivity contribution is 7.08. The van der Waals surface area contributed by atoms with Crippen LogP contribution in [0.4, 0.5) is 11.8 Å². The van der Waals surface area contributed by atoms with Gasteiger partial charge in [0.2, 0.25) is 22.4 Å². The molecule has 5 heterocycles. The second kappa shape index (κ2) is 11.9. The standard InChI is InChI=1S/C26H33N7O6S/c1-15-10-19(32-12-16(13-32)23(35)27-11-17-6-4-5-8-39-17)28-22-20(15)21(34)18(24(36)37)14-33(22)26-29-25(30-40-26)31(2)7-9-38-3/h10,14,16-17H,4-9,11-13H2,1-3H3,(H,27,35)(H,36,37). The van der Waals surface area contributed by atoms with Crippen LogP contribution in [0.25, 0.3) is 16.2 Å². The molecule has 1 atom stereocenters. The molecule has 0 bridgehead atoms. The predicted octanol–water partition coefficient (Wildman–Crippen LogP) is 1.45. The normalized spacial score (nSPS) is 17.6. The number of carbonyl (C=O) groups excluding carboxylic acids is 1. The number of likely N-dealkylation sites (N-methyl/N-ethyl adjacent to an activating group) is 1. The van der Waals surface area contributed by atoms with Crippen LogP contribution in [0.1, 0.15) is 35.2 Å². The van der Waals surface area contributed by atoms with Crippen molar-refractivity contribution in [3.8, 4) is 5.13 Å². The predicted molar refractivity (Wildman–Crippen MR) is 150 cm³/mol. The number of carbonyl (C=O) groups is 2. The van der Waals surface area contributed by atoms with E-state index in [4.69, 9.17) is 14.5 Å². The van der Waals surface area contributed by atoms with Gasteiger partial charge >= 0.3 is 5.97 Å². The van der Waals surface area contributed by atoms with Gasteiger partial charge in [-0.05, 0) is 37.8 Å². The maximum Gasteiger partial charge on any atom is 0.341 e. The molecule has 3 aromatic heterocycles. The number of pyridine rings is 2. The lowest BCUT2D eigenvalue weighted by Crippen LogP contribution is -2.55. The van der Waals surface area contributed by atoms with Gasteiger partial charge in [0.1, 0.15) is 11.4 Å². The second-order valence-electron chi connectivity index (χ2n) is 10.2. The van der Waals surface area contributed by atoms with Gasteiger partial charge in [0, 0.05) is 64.7 Å². The number of ether oxygens (including phenoxy) is 2. The summed E-state index contributed by atoms with van der Waals surface area (Å²) in [5, 5.41) is 13.3. The van der Waals surface area contributed by atoms with Crippen LogP contribution in [-0.2, 0) is 14.3 Å². The summed E-state index contributed by atoms with van der Waals surface area (Å²) in [5.74, 6) is -0.468. The van der Waals surface area contributed by atoms with Crippen molar-refractivity contribution >= 4 is 46.2 Å². The van der Waals surface area contributed by atoms with Crippen molar-refractivity contribution in [2.75, 3.05) is 63.4 Å². The van der Waals surface area contributed by atoms with E-state index in [0.29, 0.717) is 55.2 Å². The molecule has 2 aliphatic rings. The average molecular weight is 572 g/mol. The van der Waals surface area contributed by atoms with Gasteiger partial charge in [0.25, 0.3) is 0 Å². The van der Waals surface area contributed by atoms with Crippen molar-refractivity contribution in [2.24, 2.45) is 5.92 Å². The highest BCUT2D eigenvalue weighted by Gasteiger charge is 2.34. The van der Waals surface area contributed by atoms with E-state index < -0.39 is 11.4 Å². The first-order valence-electron chi connectivity index (χ1n) is 13.3. The summed E-state index contributed by atoms with van der Waals surface area (Å²) >= 11 is 1.07. The number of fused-ring (bicyclic) bond motifs is 1.